The minimum atomic E-state index is -3.72. The molecule has 0 saturated heterocycles. The van der Waals surface area contributed by atoms with E-state index in [1.807, 2.05) is 26.8 Å². The van der Waals surface area contributed by atoms with E-state index in [1.165, 1.54) is 12.1 Å². The van der Waals surface area contributed by atoms with Gasteiger partial charge in [-0.15, -0.1) is 0 Å². The van der Waals surface area contributed by atoms with Crippen molar-refractivity contribution in [3.05, 3.63) is 52.8 Å². The number of primary sulfonamides is 1. The Balaban J connectivity index is 2.29. The van der Waals surface area contributed by atoms with Gasteiger partial charge in [-0.1, -0.05) is 12.1 Å². The van der Waals surface area contributed by atoms with Gasteiger partial charge in [0.2, 0.25) is 10.0 Å². The number of aryl methyl sites for hydroxylation is 1. The lowest BCUT2D eigenvalue weighted by molar-refractivity contribution is 0.0741. The maximum Gasteiger partial charge on any atom is 0.255 e. The molecule has 1 aromatic carbocycles. The third kappa shape index (κ3) is 3.83. The van der Waals surface area contributed by atoms with Crippen molar-refractivity contribution >= 4 is 15.9 Å². The van der Waals surface area contributed by atoms with Crippen LogP contribution in [0.1, 0.15) is 60.2 Å². The zero-order valence-corrected chi connectivity index (χ0v) is 17.0. The molecule has 0 bridgehead atoms. The second kappa shape index (κ2) is 7.25. The van der Waals surface area contributed by atoms with E-state index in [0.717, 1.165) is 17.0 Å². The van der Waals surface area contributed by atoms with Crippen LogP contribution < -0.4 is 5.14 Å². The minimum Gasteiger partial charge on any atom is -0.346 e. The lowest BCUT2D eigenvalue weighted by Gasteiger charge is -2.26. The van der Waals surface area contributed by atoms with Crippen LogP contribution in [0.5, 0.6) is 0 Å². The van der Waals surface area contributed by atoms with Crippen molar-refractivity contribution in [3.8, 4) is 0 Å². The molecule has 0 aliphatic carbocycles. The lowest BCUT2D eigenvalue weighted by Crippen LogP contribution is -2.30. The average molecular weight is 378 g/mol. The quantitative estimate of drug-likeness (QED) is 0.868. The van der Waals surface area contributed by atoms with Crippen molar-refractivity contribution in [2.45, 2.75) is 51.6 Å². The van der Waals surface area contributed by atoms with Gasteiger partial charge < -0.3 is 9.47 Å². The average Bonchev–Trinajstić information content (AvgIpc) is 2.86. The Kier molecular flexibility index (Phi) is 5.63. The Morgan fingerprint density at radius 1 is 1.12 bits per heavy atom. The largest absolute Gasteiger partial charge is 0.346 e. The Morgan fingerprint density at radius 2 is 1.65 bits per heavy atom. The first-order valence-electron chi connectivity index (χ1n) is 8.53. The van der Waals surface area contributed by atoms with Gasteiger partial charge >= 0.3 is 0 Å². The molecular formula is C19H27N3O3S. The normalized spacial score (nSPS) is 13.1. The van der Waals surface area contributed by atoms with Crippen LogP contribution in [0.15, 0.2) is 35.2 Å². The Hall–Kier alpha value is -2.12. The third-order valence-electron chi connectivity index (χ3n) is 4.82. The van der Waals surface area contributed by atoms with Crippen LogP contribution in [0.4, 0.5) is 0 Å². The summed E-state index contributed by atoms with van der Waals surface area (Å²) in [7, 11) is -1.97. The second-order valence-corrected chi connectivity index (χ2v) is 8.52. The van der Waals surface area contributed by atoms with E-state index in [-0.39, 0.29) is 22.9 Å². The van der Waals surface area contributed by atoms with Gasteiger partial charge in [-0.2, -0.15) is 0 Å². The Morgan fingerprint density at radius 3 is 2.08 bits per heavy atom. The number of rotatable bonds is 5. The van der Waals surface area contributed by atoms with Gasteiger partial charge in [0, 0.05) is 24.5 Å². The number of hydrogen-bond donors (Lipinski definition) is 1. The third-order valence-corrected chi connectivity index (χ3v) is 5.75. The summed E-state index contributed by atoms with van der Waals surface area (Å²) in [6.07, 6.45) is 0. The number of nitrogens with zero attached hydrogens (tertiary/aromatic N) is 2. The van der Waals surface area contributed by atoms with Gasteiger partial charge in [0.25, 0.3) is 5.91 Å². The van der Waals surface area contributed by atoms with Crippen molar-refractivity contribution < 1.29 is 13.2 Å². The highest BCUT2D eigenvalue weighted by molar-refractivity contribution is 7.89. The summed E-state index contributed by atoms with van der Waals surface area (Å²) < 4.78 is 24.9. The van der Waals surface area contributed by atoms with Crippen LogP contribution in [0.2, 0.25) is 0 Å². The SMILES string of the molecule is Cc1cc(C(=O)N(C)C(C)c2ccc(S(N)(=O)=O)cc2)c(C)n1C(C)C. The molecule has 7 heteroatoms. The number of aromatic nitrogens is 1. The summed E-state index contributed by atoms with van der Waals surface area (Å²) in [4.78, 5) is 14.7. The standard InChI is InChI=1S/C19H27N3O3S/c1-12(2)22-13(3)11-18(15(22)5)19(23)21(6)14(4)16-7-9-17(10-8-16)26(20,24)25/h7-12,14H,1-6H3,(H2,20,24,25). The molecule has 0 aliphatic rings. The first-order chi connectivity index (χ1) is 11.9. The molecule has 1 atom stereocenters. The zero-order valence-electron chi connectivity index (χ0n) is 16.1. The summed E-state index contributed by atoms with van der Waals surface area (Å²) >= 11 is 0. The van der Waals surface area contributed by atoms with E-state index < -0.39 is 10.0 Å². The fourth-order valence-electron chi connectivity index (χ4n) is 3.31. The van der Waals surface area contributed by atoms with Crippen LogP contribution in [0, 0.1) is 13.8 Å². The van der Waals surface area contributed by atoms with Crippen molar-refractivity contribution in [1.29, 1.82) is 0 Å². The molecule has 0 radical (unpaired) electrons. The van der Waals surface area contributed by atoms with Crippen molar-refractivity contribution in [1.82, 2.24) is 9.47 Å². The van der Waals surface area contributed by atoms with Gasteiger partial charge in [-0.05, 0) is 58.4 Å². The number of amides is 1. The highest BCUT2D eigenvalue weighted by atomic mass is 32.2. The summed E-state index contributed by atoms with van der Waals surface area (Å²) in [6.45, 7) is 10.0. The molecule has 6 nitrogen and oxygen atoms in total. The fraction of sp³-hybridized carbons (Fsp3) is 0.421. The monoisotopic (exact) mass is 377 g/mol. The van der Waals surface area contributed by atoms with E-state index in [9.17, 15) is 13.2 Å². The molecule has 0 spiro atoms. The topological polar surface area (TPSA) is 85.4 Å². The summed E-state index contributed by atoms with van der Waals surface area (Å²) in [6, 6.07) is 8.29. The molecule has 2 aromatic rings. The van der Waals surface area contributed by atoms with E-state index >= 15 is 0 Å². The van der Waals surface area contributed by atoms with Crippen molar-refractivity contribution in [3.63, 3.8) is 0 Å². The van der Waals surface area contributed by atoms with Gasteiger partial charge in [-0.3, -0.25) is 4.79 Å². The van der Waals surface area contributed by atoms with Crippen molar-refractivity contribution in [2.24, 2.45) is 5.14 Å². The van der Waals surface area contributed by atoms with E-state index in [4.69, 9.17) is 5.14 Å². The maximum absolute atomic E-state index is 13.0. The van der Waals surface area contributed by atoms with Crippen LogP contribution in [-0.2, 0) is 10.0 Å². The molecule has 0 aliphatic heterocycles. The number of sulfonamides is 1. The fourth-order valence-corrected chi connectivity index (χ4v) is 3.83. The van der Waals surface area contributed by atoms with Gasteiger partial charge in [-0.25, -0.2) is 13.6 Å². The van der Waals surface area contributed by atoms with Gasteiger partial charge in [0.15, 0.2) is 0 Å². The molecule has 0 fully saturated rings. The van der Waals surface area contributed by atoms with E-state index in [0.29, 0.717) is 5.56 Å². The van der Waals surface area contributed by atoms with Gasteiger partial charge in [0.05, 0.1) is 16.5 Å². The summed E-state index contributed by atoms with van der Waals surface area (Å²) in [5.41, 5.74) is 3.53. The summed E-state index contributed by atoms with van der Waals surface area (Å²) in [5, 5.41) is 5.13. The van der Waals surface area contributed by atoms with Crippen molar-refractivity contribution in [2.75, 3.05) is 7.05 Å². The second-order valence-electron chi connectivity index (χ2n) is 6.95. The summed E-state index contributed by atoms with van der Waals surface area (Å²) in [5.74, 6) is -0.0620. The van der Waals surface area contributed by atoms with E-state index in [2.05, 4.69) is 18.4 Å². The van der Waals surface area contributed by atoms with Crippen LogP contribution >= 0.6 is 0 Å². The molecule has 1 unspecified atom stereocenters. The van der Waals surface area contributed by atoms with Crippen LogP contribution in [0.25, 0.3) is 0 Å². The molecule has 1 amide bonds. The smallest absolute Gasteiger partial charge is 0.255 e. The van der Waals surface area contributed by atoms with Gasteiger partial charge in [0.1, 0.15) is 0 Å². The first kappa shape index (κ1) is 20.2. The van der Waals surface area contributed by atoms with Crippen LogP contribution in [-0.4, -0.2) is 30.8 Å². The lowest BCUT2D eigenvalue weighted by atomic mass is 10.1. The predicted molar refractivity (Wildman–Crippen MR) is 103 cm³/mol. The molecule has 0 saturated carbocycles. The maximum atomic E-state index is 13.0. The highest BCUT2D eigenvalue weighted by Crippen LogP contribution is 2.26. The number of benzene rings is 1. The predicted octanol–water partition coefficient (Wildman–Crippen LogP) is 3.17. The molecule has 26 heavy (non-hydrogen) atoms. The minimum absolute atomic E-state index is 0.0582. The molecule has 1 heterocycles. The molecule has 1 aromatic heterocycles. The number of nitrogens with two attached hydrogens (primary N) is 1. The number of carbonyl (C=O) groups is 1. The molecule has 142 valence electrons. The zero-order chi connectivity index (χ0) is 19.8. The first-order valence-corrected chi connectivity index (χ1v) is 10.1. The molecule has 2 rings (SSSR count). The highest BCUT2D eigenvalue weighted by Gasteiger charge is 2.24. The number of carbonyl (C=O) groups excluding carboxylic acids is 1. The van der Waals surface area contributed by atoms with E-state index in [1.54, 1.807) is 24.1 Å². The molecule has 2 N–H and O–H groups in total. The Labute approximate surface area is 155 Å². The number of hydrogen-bond acceptors (Lipinski definition) is 3. The Bertz CT molecular complexity index is 912. The van der Waals surface area contributed by atoms with Crippen LogP contribution in [0.3, 0.4) is 0 Å². The molecular weight excluding hydrogens is 350 g/mol.